The van der Waals surface area contributed by atoms with Crippen LogP contribution in [0.2, 0.25) is 0 Å². The summed E-state index contributed by atoms with van der Waals surface area (Å²) < 4.78 is 39.5. The summed E-state index contributed by atoms with van der Waals surface area (Å²) in [6.45, 7) is 0.283. The summed E-state index contributed by atoms with van der Waals surface area (Å²) in [5.74, 6) is -0.175. The van der Waals surface area contributed by atoms with Crippen molar-refractivity contribution in [3.8, 4) is 0 Å². The van der Waals surface area contributed by atoms with Crippen LogP contribution in [0.4, 0.5) is 13.2 Å². The Balaban J connectivity index is 3.37. The molecule has 2 nitrogen and oxygen atoms in total. The Hall–Kier alpha value is -0.580. The third-order valence-electron chi connectivity index (χ3n) is 1.50. The molecule has 0 saturated carbocycles. The van der Waals surface area contributed by atoms with Gasteiger partial charge in [0.05, 0.1) is 6.61 Å². The zero-order chi connectivity index (χ0) is 10.3. The van der Waals surface area contributed by atoms with Crippen LogP contribution in [0.3, 0.4) is 0 Å². The Morgan fingerprint density at radius 1 is 1.31 bits per heavy atom. The van der Waals surface area contributed by atoms with Crippen molar-refractivity contribution in [1.29, 1.82) is 0 Å². The Bertz CT molecular complexity index is 154. The van der Waals surface area contributed by atoms with E-state index in [1.807, 2.05) is 0 Å². The van der Waals surface area contributed by atoms with Crippen molar-refractivity contribution < 1.29 is 22.7 Å². The molecule has 78 valence electrons. The van der Waals surface area contributed by atoms with Crippen molar-refractivity contribution >= 4 is 5.78 Å². The van der Waals surface area contributed by atoms with Gasteiger partial charge in [-0.15, -0.1) is 0 Å². The summed E-state index contributed by atoms with van der Waals surface area (Å²) in [6.07, 6.45) is -4.96. The number of hydrogen-bond donors (Lipinski definition) is 0. The zero-order valence-electron chi connectivity index (χ0n) is 7.49. The van der Waals surface area contributed by atoms with Crippen LogP contribution in [-0.4, -0.2) is 25.7 Å². The normalized spacial score (nSPS) is 11.7. The molecule has 5 heteroatoms. The molecule has 0 N–H and O–H groups in total. The maximum atomic E-state index is 11.6. The summed E-state index contributed by atoms with van der Waals surface area (Å²) in [5, 5.41) is 0. The lowest BCUT2D eigenvalue weighted by Crippen LogP contribution is -2.09. The molecule has 0 bridgehead atoms. The molecule has 13 heavy (non-hydrogen) atoms. The van der Waals surface area contributed by atoms with Gasteiger partial charge >= 0.3 is 6.18 Å². The highest BCUT2D eigenvalue weighted by Gasteiger charge is 2.26. The smallest absolute Gasteiger partial charge is 0.384 e. The molecule has 0 saturated heterocycles. The molecule has 0 aromatic heterocycles. The van der Waals surface area contributed by atoms with E-state index in [0.29, 0.717) is 0 Å². The van der Waals surface area contributed by atoms with Crippen molar-refractivity contribution in [2.24, 2.45) is 0 Å². The molecule has 0 aliphatic rings. The van der Waals surface area contributed by atoms with Gasteiger partial charge in [-0.3, -0.25) is 4.79 Å². The Morgan fingerprint density at radius 3 is 2.38 bits per heavy atom. The van der Waals surface area contributed by atoms with Gasteiger partial charge in [-0.1, -0.05) is 0 Å². The van der Waals surface area contributed by atoms with E-state index in [9.17, 15) is 18.0 Å². The van der Waals surface area contributed by atoms with Crippen LogP contribution in [0.5, 0.6) is 0 Å². The molecule has 0 fully saturated rings. The van der Waals surface area contributed by atoms with E-state index in [1.165, 1.54) is 7.11 Å². The molecule has 0 atom stereocenters. The number of methoxy groups -OCH3 is 1. The van der Waals surface area contributed by atoms with Crippen molar-refractivity contribution in [2.75, 3.05) is 13.7 Å². The number of ketones is 1. The standard InChI is InChI=1S/C8H13F3O2/c1-13-6-4-7(12)3-2-5-8(9,10)11/h2-6H2,1H3. The SMILES string of the molecule is COCCC(=O)CCCC(F)(F)F. The Morgan fingerprint density at radius 2 is 1.92 bits per heavy atom. The van der Waals surface area contributed by atoms with Gasteiger partial charge in [-0.25, -0.2) is 0 Å². The van der Waals surface area contributed by atoms with Crippen LogP contribution >= 0.6 is 0 Å². The number of hydrogen-bond acceptors (Lipinski definition) is 2. The predicted octanol–water partition coefficient (Wildman–Crippen LogP) is 2.32. The first kappa shape index (κ1) is 12.4. The lowest BCUT2D eigenvalue weighted by molar-refractivity contribution is -0.137. The van der Waals surface area contributed by atoms with Gasteiger partial charge in [0.2, 0.25) is 0 Å². The maximum absolute atomic E-state index is 11.6. The molecule has 0 unspecified atom stereocenters. The van der Waals surface area contributed by atoms with Gasteiger partial charge < -0.3 is 4.74 Å². The number of ether oxygens (including phenoxy) is 1. The highest BCUT2D eigenvalue weighted by atomic mass is 19.4. The number of halogens is 3. The molecule has 0 aromatic carbocycles. The summed E-state index contributed by atoms with van der Waals surface area (Å²) >= 11 is 0. The molecule has 0 amide bonds. The van der Waals surface area contributed by atoms with Crippen LogP contribution in [-0.2, 0) is 9.53 Å². The van der Waals surface area contributed by atoms with E-state index in [2.05, 4.69) is 4.74 Å². The molecule has 0 heterocycles. The number of rotatable bonds is 6. The van der Waals surface area contributed by atoms with Gasteiger partial charge in [0.25, 0.3) is 0 Å². The van der Waals surface area contributed by atoms with Crippen molar-refractivity contribution in [3.05, 3.63) is 0 Å². The minimum Gasteiger partial charge on any atom is -0.384 e. The highest BCUT2D eigenvalue weighted by molar-refractivity contribution is 5.78. The second-order valence-electron chi connectivity index (χ2n) is 2.75. The third kappa shape index (κ3) is 9.33. The van der Waals surface area contributed by atoms with E-state index < -0.39 is 12.6 Å². The van der Waals surface area contributed by atoms with Crippen molar-refractivity contribution in [2.45, 2.75) is 31.9 Å². The summed E-state index contributed by atoms with van der Waals surface area (Å²) in [7, 11) is 1.45. The monoisotopic (exact) mass is 198 g/mol. The topological polar surface area (TPSA) is 26.3 Å². The second kappa shape index (κ2) is 5.96. The summed E-state index contributed by atoms with van der Waals surface area (Å²) in [5.41, 5.74) is 0. The van der Waals surface area contributed by atoms with Gasteiger partial charge in [-0.2, -0.15) is 13.2 Å². The van der Waals surface area contributed by atoms with Gasteiger partial charge in [0, 0.05) is 26.4 Å². The minimum absolute atomic E-state index is 0.0110. The fraction of sp³-hybridized carbons (Fsp3) is 0.875. The summed E-state index contributed by atoms with van der Waals surface area (Å²) in [4.78, 5) is 10.8. The van der Waals surface area contributed by atoms with Crippen LogP contribution in [0.25, 0.3) is 0 Å². The van der Waals surface area contributed by atoms with Gasteiger partial charge in [0.15, 0.2) is 0 Å². The first-order valence-corrected chi connectivity index (χ1v) is 4.03. The maximum Gasteiger partial charge on any atom is 0.389 e. The molecule has 0 radical (unpaired) electrons. The molecular weight excluding hydrogens is 185 g/mol. The van der Waals surface area contributed by atoms with Crippen molar-refractivity contribution in [3.63, 3.8) is 0 Å². The molecule has 0 spiro atoms. The number of carbonyl (C=O) groups is 1. The van der Waals surface area contributed by atoms with E-state index in [1.54, 1.807) is 0 Å². The fourth-order valence-corrected chi connectivity index (χ4v) is 0.827. The second-order valence-corrected chi connectivity index (χ2v) is 2.75. The van der Waals surface area contributed by atoms with Crippen LogP contribution in [0.1, 0.15) is 25.7 Å². The Kier molecular flexibility index (Phi) is 5.70. The predicted molar refractivity (Wildman–Crippen MR) is 41.4 cm³/mol. The summed E-state index contributed by atoms with van der Waals surface area (Å²) in [6, 6.07) is 0. The van der Waals surface area contributed by atoms with Crippen molar-refractivity contribution in [1.82, 2.24) is 0 Å². The Labute approximate surface area is 75.1 Å². The van der Waals surface area contributed by atoms with E-state index in [0.717, 1.165) is 0 Å². The molecule has 0 aromatic rings. The molecular formula is C8H13F3O2. The fourth-order valence-electron chi connectivity index (χ4n) is 0.827. The first-order chi connectivity index (χ1) is 5.95. The lowest BCUT2D eigenvalue weighted by atomic mass is 10.1. The van der Waals surface area contributed by atoms with Gasteiger partial charge in [0.1, 0.15) is 5.78 Å². The third-order valence-corrected chi connectivity index (χ3v) is 1.50. The van der Waals surface area contributed by atoms with Crippen LogP contribution in [0, 0.1) is 0 Å². The molecule has 0 aliphatic carbocycles. The number of Topliss-reactive ketones (excluding diaryl/α,β-unsaturated/α-hetero) is 1. The van der Waals surface area contributed by atoms with E-state index in [4.69, 9.17) is 0 Å². The van der Waals surface area contributed by atoms with Crippen LogP contribution in [0.15, 0.2) is 0 Å². The number of carbonyl (C=O) groups excluding carboxylic acids is 1. The zero-order valence-corrected chi connectivity index (χ0v) is 7.49. The lowest BCUT2D eigenvalue weighted by Gasteiger charge is -2.04. The highest BCUT2D eigenvalue weighted by Crippen LogP contribution is 2.22. The average Bonchev–Trinajstić information content (AvgIpc) is 1.98. The van der Waals surface area contributed by atoms with E-state index in [-0.39, 0.29) is 31.7 Å². The largest absolute Gasteiger partial charge is 0.389 e. The van der Waals surface area contributed by atoms with Gasteiger partial charge in [-0.05, 0) is 6.42 Å². The van der Waals surface area contributed by atoms with E-state index >= 15 is 0 Å². The average molecular weight is 198 g/mol. The molecule has 0 aliphatic heterocycles. The van der Waals surface area contributed by atoms with Crippen LogP contribution < -0.4 is 0 Å². The first-order valence-electron chi connectivity index (χ1n) is 4.03. The quantitative estimate of drug-likeness (QED) is 0.654. The minimum atomic E-state index is -4.15. The number of alkyl halides is 3. The molecule has 0 rings (SSSR count).